The fraction of sp³-hybridized carbons (Fsp3) is 0.385. The second-order valence-corrected chi connectivity index (χ2v) is 8.44. The predicted octanol–water partition coefficient (Wildman–Crippen LogP) is 2.17. The Labute approximate surface area is 209 Å². The summed E-state index contributed by atoms with van der Waals surface area (Å²) in [5, 5.41) is 21.8. The van der Waals surface area contributed by atoms with Gasteiger partial charge in [0.15, 0.2) is 11.5 Å². The second kappa shape index (κ2) is 10.9. The van der Waals surface area contributed by atoms with E-state index in [1.807, 2.05) is 0 Å². The average molecular weight is 499 g/mol. The molecule has 0 radical (unpaired) electrons. The van der Waals surface area contributed by atoms with E-state index in [0.717, 1.165) is 13.1 Å². The molecule has 2 fully saturated rings. The van der Waals surface area contributed by atoms with Crippen LogP contribution in [0.3, 0.4) is 0 Å². The molecule has 36 heavy (non-hydrogen) atoms. The first-order valence-corrected chi connectivity index (χ1v) is 11.6. The highest BCUT2D eigenvalue weighted by molar-refractivity contribution is 6.46. The molecule has 0 saturated carbocycles. The first-order chi connectivity index (χ1) is 17.4. The van der Waals surface area contributed by atoms with Gasteiger partial charge in [0.2, 0.25) is 0 Å². The highest BCUT2D eigenvalue weighted by Crippen LogP contribution is 2.43. The van der Waals surface area contributed by atoms with Gasteiger partial charge in [-0.25, -0.2) is 0 Å². The summed E-state index contributed by atoms with van der Waals surface area (Å²) < 4.78 is 21.3. The molecule has 10 heteroatoms. The molecule has 2 N–H and O–H groups in total. The quantitative estimate of drug-likeness (QED) is 0.321. The number of aliphatic hydroxyl groups is 1. The summed E-state index contributed by atoms with van der Waals surface area (Å²) >= 11 is 0. The molecular weight excluding hydrogens is 468 g/mol. The third kappa shape index (κ3) is 4.82. The maximum Gasteiger partial charge on any atom is 0.295 e. The van der Waals surface area contributed by atoms with E-state index < -0.39 is 23.5 Å². The first-order valence-electron chi connectivity index (χ1n) is 11.6. The minimum atomic E-state index is -0.896. The highest BCUT2D eigenvalue weighted by atomic mass is 16.5. The van der Waals surface area contributed by atoms with Crippen LogP contribution in [0.25, 0.3) is 5.76 Å². The van der Waals surface area contributed by atoms with E-state index in [4.69, 9.17) is 18.9 Å². The Morgan fingerprint density at radius 1 is 0.972 bits per heavy atom. The van der Waals surface area contributed by atoms with Crippen molar-refractivity contribution in [2.75, 3.05) is 60.7 Å². The molecule has 2 saturated heterocycles. The number of carbonyl (C=O) groups is 2. The number of morpholine rings is 1. The van der Waals surface area contributed by atoms with Crippen LogP contribution in [-0.2, 0) is 14.3 Å². The van der Waals surface area contributed by atoms with Gasteiger partial charge in [-0.05, 0) is 29.8 Å². The highest BCUT2D eigenvalue weighted by Gasteiger charge is 2.46. The molecule has 2 aromatic rings. The van der Waals surface area contributed by atoms with Gasteiger partial charge in [-0.3, -0.25) is 14.5 Å². The number of methoxy groups -OCH3 is 3. The van der Waals surface area contributed by atoms with Crippen LogP contribution in [0.15, 0.2) is 42.0 Å². The average Bonchev–Trinajstić information content (AvgIpc) is 3.16. The summed E-state index contributed by atoms with van der Waals surface area (Å²) in [6, 6.07) is 8.51. The minimum Gasteiger partial charge on any atom is -0.507 e. The Balaban J connectivity index is 1.80. The minimum absolute atomic E-state index is 0.0208. The van der Waals surface area contributed by atoms with Crippen molar-refractivity contribution < 1.29 is 38.7 Å². The zero-order chi connectivity index (χ0) is 25.8. The molecule has 0 aliphatic carbocycles. The van der Waals surface area contributed by atoms with E-state index in [2.05, 4.69) is 4.90 Å². The van der Waals surface area contributed by atoms with Gasteiger partial charge in [0.1, 0.15) is 17.3 Å². The van der Waals surface area contributed by atoms with Crippen molar-refractivity contribution in [2.24, 2.45) is 0 Å². The first kappa shape index (κ1) is 25.3. The fourth-order valence-corrected chi connectivity index (χ4v) is 4.54. The van der Waals surface area contributed by atoms with E-state index in [-0.39, 0.29) is 23.4 Å². The van der Waals surface area contributed by atoms with Gasteiger partial charge in [-0.1, -0.05) is 6.07 Å². The summed E-state index contributed by atoms with van der Waals surface area (Å²) in [6.45, 7) is 3.46. The second-order valence-electron chi connectivity index (χ2n) is 8.44. The lowest BCUT2D eigenvalue weighted by Crippen LogP contribution is -2.42. The van der Waals surface area contributed by atoms with Crippen molar-refractivity contribution in [1.82, 2.24) is 9.80 Å². The Bertz CT molecular complexity index is 1170. The summed E-state index contributed by atoms with van der Waals surface area (Å²) in [6.07, 6.45) is 0. The molecule has 2 heterocycles. The smallest absolute Gasteiger partial charge is 0.295 e. The van der Waals surface area contributed by atoms with Gasteiger partial charge in [0, 0.05) is 32.2 Å². The lowest BCUT2D eigenvalue weighted by molar-refractivity contribution is -0.140. The number of ketones is 1. The number of ether oxygens (including phenoxy) is 4. The van der Waals surface area contributed by atoms with E-state index >= 15 is 0 Å². The van der Waals surface area contributed by atoms with Crippen LogP contribution in [0.2, 0.25) is 0 Å². The van der Waals surface area contributed by atoms with E-state index in [1.54, 1.807) is 24.3 Å². The number of hydrogen-bond acceptors (Lipinski definition) is 9. The topological polar surface area (TPSA) is 118 Å². The van der Waals surface area contributed by atoms with E-state index in [0.29, 0.717) is 42.6 Å². The zero-order valence-electron chi connectivity index (χ0n) is 20.5. The van der Waals surface area contributed by atoms with E-state index in [9.17, 15) is 19.8 Å². The summed E-state index contributed by atoms with van der Waals surface area (Å²) in [5.41, 5.74) is 0.463. The molecule has 0 aromatic heterocycles. The van der Waals surface area contributed by atoms with Crippen molar-refractivity contribution in [1.29, 1.82) is 0 Å². The van der Waals surface area contributed by atoms with Crippen LogP contribution in [0.4, 0.5) is 0 Å². The van der Waals surface area contributed by atoms with Crippen molar-refractivity contribution >= 4 is 17.4 Å². The third-order valence-corrected chi connectivity index (χ3v) is 6.48. The van der Waals surface area contributed by atoms with Crippen molar-refractivity contribution in [2.45, 2.75) is 6.04 Å². The largest absolute Gasteiger partial charge is 0.507 e. The lowest BCUT2D eigenvalue weighted by Gasteiger charge is -2.31. The van der Waals surface area contributed by atoms with E-state index in [1.165, 1.54) is 38.4 Å². The number of phenolic OH excluding ortho intramolecular Hbond substituents is 1. The fourth-order valence-electron chi connectivity index (χ4n) is 4.54. The molecule has 4 rings (SSSR count). The van der Waals surface area contributed by atoms with Gasteiger partial charge in [0.05, 0.1) is 51.7 Å². The number of carbonyl (C=O) groups excluding carboxylic acids is 2. The van der Waals surface area contributed by atoms with Gasteiger partial charge in [-0.15, -0.1) is 0 Å². The van der Waals surface area contributed by atoms with Crippen LogP contribution in [0, 0.1) is 0 Å². The van der Waals surface area contributed by atoms with Crippen LogP contribution in [-0.4, -0.2) is 92.4 Å². The Kier molecular flexibility index (Phi) is 7.66. The molecule has 2 aliphatic heterocycles. The maximum atomic E-state index is 13.3. The number of nitrogens with zero attached hydrogens (tertiary/aromatic N) is 2. The molecule has 192 valence electrons. The molecule has 0 bridgehead atoms. The molecule has 2 aliphatic rings. The number of aliphatic hydroxyl groups excluding tert-OH is 1. The third-order valence-electron chi connectivity index (χ3n) is 6.48. The summed E-state index contributed by atoms with van der Waals surface area (Å²) in [4.78, 5) is 30.1. The number of likely N-dealkylation sites (tertiary alicyclic amines) is 1. The van der Waals surface area contributed by atoms with Gasteiger partial charge < -0.3 is 34.1 Å². The zero-order valence-corrected chi connectivity index (χ0v) is 20.5. The van der Waals surface area contributed by atoms with Crippen molar-refractivity contribution in [3.05, 3.63) is 53.1 Å². The van der Waals surface area contributed by atoms with Gasteiger partial charge in [-0.2, -0.15) is 0 Å². The van der Waals surface area contributed by atoms with Crippen LogP contribution in [0.1, 0.15) is 17.2 Å². The van der Waals surface area contributed by atoms with Crippen LogP contribution >= 0.6 is 0 Å². The van der Waals surface area contributed by atoms with Crippen molar-refractivity contribution in [3.8, 4) is 23.0 Å². The molecule has 0 unspecified atom stereocenters. The van der Waals surface area contributed by atoms with Gasteiger partial charge >= 0.3 is 0 Å². The normalized spacial score (nSPS) is 20.0. The number of benzene rings is 2. The number of rotatable bonds is 8. The molecule has 1 atom stereocenters. The number of aromatic hydroxyl groups is 1. The monoisotopic (exact) mass is 498 g/mol. The molecular formula is C26H30N2O8. The maximum absolute atomic E-state index is 13.3. The molecule has 0 spiro atoms. The van der Waals surface area contributed by atoms with Crippen LogP contribution in [0.5, 0.6) is 23.0 Å². The molecule has 2 aromatic carbocycles. The standard InChI is InChI=1S/C26H30N2O8/c1-33-17-5-6-18(19(29)15-17)24(30)22-23(16-4-7-20(34-2)21(14-16)35-3)28(26(32)25(22)31)9-8-27-10-12-36-13-11-27/h4-7,14-15,23,29-30H,8-13H2,1-3H3/t23-/m0/s1. The predicted molar refractivity (Wildman–Crippen MR) is 130 cm³/mol. The SMILES string of the molecule is COc1ccc(C(O)=C2C(=O)C(=O)N(CCN3CCOCC3)[C@H]2c2ccc(OC)c(OC)c2)c(O)c1. The Morgan fingerprint density at radius 2 is 1.69 bits per heavy atom. The Morgan fingerprint density at radius 3 is 2.33 bits per heavy atom. The lowest BCUT2D eigenvalue weighted by atomic mass is 9.94. The molecule has 1 amide bonds. The summed E-state index contributed by atoms with van der Waals surface area (Å²) in [7, 11) is 4.45. The number of amides is 1. The molecule has 10 nitrogen and oxygen atoms in total. The Hall–Kier alpha value is -3.76. The number of phenols is 1. The number of Topliss-reactive ketones (excluding diaryl/α,β-unsaturated/α-hetero) is 1. The van der Waals surface area contributed by atoms with Gasteiger partial charge in [0.25, 0.3) is 11.7 Å². The van der Waals surface area contributed by atoms with Crippen LogP contribution < -0.4 is 14.2 Å². The number of hydrogen-bond donors (Lipinski definition) is 2. The summed E-state index contributed by atoms with van der Waals surface area (Å²) in [5.74, 6) is -1.02. The van der Waals surface area contributed by atoms with Crippen molar-refractivity contribution in [3.63, 3.8) is 0 Å².